The number of carbonyl (C=O) groups excluding carboxylic acids is 1. The van der Waals surface area contributed by atoms with Gasteiger partial charge in [-0.25, -0.2) is 4.98 Å². The summed E-state index contributed by atoms with van der Waals surface area (Å²) in [5, 5.41) is 4.95. The lowest BCUT2D eigenvalue weighted by molar-refractivity contribution is -0.111. The minimum atomic E-state index is -0.145. The van der Waals surface area contributed by atoms with Gasteiger partial charge in [0.05, 0.1) is 5.69 Å². The van der Waals surface area contributed by atoms with Crippen molar-refractivity contribution < 1.29 is 4.79 Å². The van der Waals surface area contributed by atoms with Crippen molar-refractivity contribution in [1.82, 2.24) is 9.38 Å². The van der Waals surface area contributed by atoms with Crippen molar-refractivity contribution in [3.63, 3.8) is 0 Å². The predicted molar refractivity (Wildman–Crippen MR) is 107 cm³/mol. The Morgan fingerprint density at radius 2 is 2.12 bits per heavy atom. The molecular weight excluding hydrogens is 342 g/mol. The zero-order valence-electron chi connectivity index (χ0n) is 14.2. The van der Waals surface area contributed by atoms with Crippen molar-refractivity contribution in [3.05, 3.63) is 82.8 Å². The van der Waals surface area contributed by atoms with Gasteiger partial charge in [-0.05, 0) is 48.2 Å². The van der Waals surface area contributed by atoms with E-state index in [1.807, 2.05) is 83.7 Å². The summed E-state index contributed by atoms with van der Waals surface area (Å²) in [5.41, 5.74) is 4.54. The highest BCUT2D eigenvalue weighted by Crippen LogP contribution is 2.25. The van der Waals surface area contributed by atoms with E-state index in [1.165, 1.54) is 0 Å². The molecule has 1 amide bonds. The molecule has 0 saturated carbocycles. The summed E-state index contributed by atoms with van der Waals surface area (Å²) >= 11 is 1.60. The van der Waals surface area contributed by atoms with Gasteiger partial charge in [0.15, 0.2) is 0 Å². The fourth-order valence-electron chi connectivity index (χ4n) is 2.71. The van der Waals surface area contributed by atoms with Crippen molar-refractivity contribution in [3.8, 4) is 11.3 Å². The number of imidazole rings is 1. The van der Waals surface area contributed by atoms with Crippen LogP contribution in [0, 0.1) is 6.92 Å². The Morgan fingerprint density at radius 1 is 1.19 bits per heavy atom. The third-order valence-electron chi connectivity index (χ3n) is 4.10. The van der Waals surface area contributed by atoms with Gasteiger partial charge >= 0.3 is 0 Å². The van der Waals surface area contributed by atoms with Gasteiger partial charge in [-0.2, -0.15) is 0 Å². The molecule has 26 heavy (non-hydrogen) atoms. The zero-order valence-corrected chi connectivity index (χ0v) is 15.0. The largest absolute Gasteiger partial charge is 0.322 e. The lowest BCUT2D eigenvalue weighted by Crippen LogP contribution is -2.09. The summed E-state index contributed by atoms with van der Waals surface area (Å²) < 4.78 is 1.98. The lowest BCUT2D eigenvalue weighted by atomic mass is 10.1. The molecule has 4 aromatic rings. The maximum atomic E-state index is 12.2. The van der Waals surface area contributed by atoms with E-state index in [4.69, 9.17) is 0 Å². The van der Waals surface area contributed by atoms with Gasteiger partial charge in [0.25, 0.3) is 0 Å². The number of fused-ring (bicyclic) bond motifs is 1. The van der Waals surface area contributed by atoms with Crippen LogP contribution in [-0.2, 0) is 4.79 Å². The molecule has 0 aliphatic rings. The van der Waals surface area contributed by atoms with Crippen LogP contribution in [0.4, 0.5) is 5.69 Å². The minimum Gasteiger partial charge on any atom is -0.322 e. The summed E-state index contributed by atoms with van der Waals surface area (Å²) in [5.74, 6) is -0.145. The first-order valence-corrected chi connectivity index (χ1v) is 9.14. The lowest BCUT2D eigenvalue weighted by Gasteiger charge is -2.08. The fraction of sp³-hybridized carbons (Fsp3) is 0.0476. The van der Waals surface area contributed by atoms with Crippen LogP contribution in [-0.4, -0.2) is 15.3 Å². The minimum absolute atomic E-state index is 0.145. The average Bonchev–Trinajstić information content (AvgIpc) is 3.31. The Labute approximate surface area is 155 Å². The molecule has 0 aliphatic heterocycles. The molecule has 3 aromatic heterocycles. The second-order valence-corrected chi connectivity index (χ2v) is 6.94. The number of benzene rings is 1. The number of amides is 1. The zero-order chi connectivity index (χ0) is 17.9. The quantitative estimate of drug-likeness (QED) is 0.520. The first-order chi connectivity index (χ1) is 12.7. The molecule has 1 aromatic carbocycles. The molecule has 0 spiro atoms. The van der Waals surface area contributed by atoms with E-state index in [9.17, 15) is 4.79 Å². The number of pyridine rings is 1. The topological polar surface area (TPSA) is 46.4 Å². The Bertz CT molecular complexity index is 1060. The summed E-state index contributed by atoms with van der Waals surface area (Å²) in [6, 6.07) is 15.8. The van der Waals surface area contributed by atoms with Crippen molar-refractivity contribution in [1.29, 1.82) is 0 Å². The molecule has 4 rings (SSSR count). The van der Waals surface area contributed by atoms with Crippen LogP contribution >= 0.6 is 11.3 Å². The number of aromatic nitrogens is 2. The predicted octanol–water partition coefficient (Wildman–Crippen LogP) is 5.02. The summed E-state index contributed by atoms with van der Waals surface area (Å²) in [7, 11) is 0. The second kappa shape index (κ2) is 6.98. The van der Waals surface area contributed by atoms with E-state index >= 15 is 0 Å². The van der Waals surface area contributed by atoms with Crippen molar-refractivity contribution >= 4 is 34.7 Å². The van der Waals surface area contributed by atoms with Gasteiger partial charge < -0.3 is 9.72 Å². The number of nitrogens with zero attached hydrogens (tertiary/aromatic N) is 2. The van der Waals surface area contributed by atoms with Gasteiger partial charge in [0.1, 0.15) is 5.65 Å². The standard InChI is InChI=1S/C21H17N3OS/c1-15-7-8-16(19-14-24-11-3-2-6-20(24)22-19)13-18(15)23-21(25)10-9-17-5-4-12-26-17/h2-14H,1H3,(H,23,25)/b10-9+. The number of carbonyl (C=O) groups is 1. The number of rotatable bonds is 4. The molecule has 0 fully saturated rings. The van der Waals surface area contributed by atoms with E-state index < -0.39 is 0 Å². The van der Waals surface area contributed by atoms with Crippen LogP contribution in [0.1, 0.15) is 10.4 Å². The number of nitrogens with one attached hydrogen (secondary N) is 1. The molecule has 1 N–H and O–H groups in total. The molecule has 0 aliphatic carbocycles. The molecule has 5 heteroatoms. The number of thiophene rings is 1. The highest BCUT2D eigenvalue weighted by Gasteiger charge is 2.08. The highest BCUT2D eigenvalue weighted by molar-refractivity contribution is 7.10. The Balaban J connectivity index is 1.58. The van der Waals surface area contributed by atoms with Crippen LogP contribution in [0.25, 0.3) is 23.0 Å². The van der Waals surface area contributed by atoms with Crippen LogP contribution in [0.3, 0.4) is 0 Å². The van der Waals surface area contributed by atoms with E-state index in [0.717, 1.165) is 33.0 Å². The molecule has 0 atom stereocenters. The molecule has 0 bridgehead atoms. The molecule has 128 valence electrons. The van der Waals surface area contributed by atoms with Crippen molar-refractivity contribution in [2.45, 2.75) is 6.92 Å². The van der Waals surface area contributed by atoms with Crippen molar-refractivity contribution in [2.24, 2.45) is 0 Å². The SMILES string of the molecule is Cc1ccc(-c2cn3ccccc3n2)cc1NC(=O)/C=C/c1cccs1. The third-order valence-corrected chi connectivity index (χ3v) is 4.93. The first-order valence-electron chi connectivity index (χ1n) is 8.26. The number of hydrogen-bond acceptors (Lipinski definition) is 3. The van der Waals surface area contributed by atoms with Gasteiger partial charge in [-0.1, -0.05) is 24.3 Å². The normalized spacial score (nSPS) is 11.3. The first kappa shape index (κ1) is 16.3. The van der Waals surface area contributed by atoms with Gasteiger partial charge in [-0.3, -0.25) is 4.79 Å². The molecular formula is C21H17N3OS. The smallest absolute Gasteiger partial charge is 0.248 e. The van der Waals surface area contributed by atoms with E-state index in [1.54, 1.807) is 17.4 Å². The van der Waals surface area contributed by atoms with Crippen LogP contribution < -0.4 is 5.32 Å². The maximum absolute atomic E-state index is 12.2. The van der Waals surface area contributed by atoms with Crippen LogP contribution in [0.5, 0.6) is 0 Å². The fourth-order valence-corrected chi connectivity index (χ4v) is 3.33. The van der Waals surface area contributed by atoms with E-state index in [-0.39, 0.29) is 5.91 Å². The Kier molecular flexibility index (Phi) is 4.37. The second-order valence-electron chi connectivity index (χ2n) is 5.96. The van der Waals surface area contributed by atoms with Crippen molar-refractivity contribution in [2.75, 3.05) is 5.32 Å². The molecule has 4 nitrogen and oxygen atoms in total. The van der Waals surface area contributed by atoms with E-state index in [0.29, 0.717) is 0 Å². The molecule has 0 unspecified atom stereocenters. The maximum Gasteiger partial charge on any atom is 0.248 e. The third kappa shape index (κ3) is 3.43. The Morgan fingerprint density at radius 3 is 2.92 bits per heavy atom. The number of aryl methyl sites for hydroxylation is 1. The average molecular weight is 359 g/mol. The number of hydrogen-bond donors (Lipinski definition) is 1. The van der Waals surface area contributed by atoms with Gasteiger partial charge in [-0.15, -0.1) is 11.3 Å². The Hall–Kier alpha value is -3.18. The summed E-state index contributed by atoms with van der Waals surface area (Å²) in [6.45, 7) is 1.98. The molecule has 0 saturated heterocycles. The highest BCUT2D eigenvalue weighted by atomic mass is 32.1. The van der Waals surface area contributed by atoms with E-state index in [2.05, 4.69) is 10.3 Å². The van der Waals surface area contributed by atoms with Crippen LogP contribution in [0.2, 0.25) is 0 Å². The summed E-state index contributed by atoms with van der Waals surface area (Å²) in [4.78, 5) is 17.9. The molecule has 0 radical (unpaired) electrons. The van der Waals surface area contributed by atoms with Crippen LogP contribution in [0.15, 0.2) is 72.4 Å². The molecule has 3 heterocycles. The number of anilines is 1. The van der Waals surface area contributed by atoms with Gasteiger partial charge in [0, 0.05) is 34.6 Å². The summed E-state index contributed by atoms with van der Waals surface area (Å²) in [6.07, 6.45) is 7.34. The monoisotopic (exact) mass is 359 g/mol. The van der Waals surface area contributed by atoms with Gasteiger partial charge in [0.2, 0.25) is 5.91 Å².